The van der Waals surface area contributed by atoms with E-state index in [1.54, 1.807) is 32.3 Å². The van der Waals surface area contributed by atoms with E-state index in [2.05, 4.69) is 10.4 Å². The van der Waals surface area contributed by atoms with Gasteiger partial charge in [0.25, 0.3) is 11.5 Å². The standard InChI is InChI=1S/C14H14N4O4/c1-17(2)13(20)7-5-4-6-8-10(7)22-11-9(15-8)12(19)16-18(3)14(11)21/h4-6,15H,1-3H3,(H,16,19). The Hall–Kier alpha value is -3.03. The van der Waals surface area contributed by atoms with Gasteiger partial charge in [-0.25, -0.2) is 0 Å². The lowest BCUT2D eigenvalue weighted by Gasteiger charge is -2.23. The molecule has 2 N–H and O–H groups in total. The maximum atomic E-state index is 12.2. The molecule has 0 atom stereocenters. The molecular weight excluding hydrogens is 288 g/mol. The normalized spacial score (nSPS) is 11.8. The highest BCUT2D eigenvalue weighted by Crippen LogP contribution is 2.40. The third-order valence-corrected chi connectivity index (χ3v) is 3.34. The summed E-state index contributed by atoms with van der Waals surface area (Å²) in [6, 6.07) is 4.94. The summed E-state index contributed by atoms with van der Waals surface area (Å²) in [5.41, 5.74) is -0.182. The average Bonchev–Trinajstić information content (AvgIpc) is 2.50. The fraction of sp³-hybridized carbons (Fsp3) is 0.214. The Morgan fingerprint density at radius 1 is 1.23 bits per heavy atom. The van der Waals surface area contributed by atoms with Crippen LogP contribution in [0.5, 0.6) is 11.5 Å². The van der Waals surface area contributed by atoms with Crippen LogP contribution >= 0.6 is 0 Å². The van der Waals surface area contributed by atoms with E-state index in [0.717, 1.165) is 4.68 Å². The largest absolute Gasteiger partial charge is 0.446 e. The van der Waals surface area contributed by atoms with Crippen molar-refractivity contribution in [1.29, 1.82) is 0 Å². The molecular formula is C14H14N4O4. The lowest BCUT2D eigenvalue weighted by Crippen LogP contribution is -2.32. The van der Waals surface area contributed by atoms with Gasteiger partial charge in [0.1, 0.15) is 0 Å². The second kappa shape index (κ2) is 4.76. The Kier molecular flexibility index (Phi) is 3.01. The summed E-state index contributed by atoms with van der Waals surface area (Å²) < 4.78 is 6.64. The zero-order chi connectivity index (χ0) is 16.0. The van der Waals surface area contributed by atoms with E-state index in [4.69, 9.17) is 4.74 Å². The van der Waals surface area contributed by atoms with Gasteiger partial charge in [0.15, 0.2) is 11.4 Å². The third-order valence-electron chi connectivity index (χ3n) is 3.34. The molecule has 22 heavy (non-hydrogen) atoms. The van der Waals surface area contributed by atoms with Crippen LogP contribution in [0.4, 0.5) is 11.4 Å². The van der Waals surface area contributed by atoms with Crippen molar-refractivity contribution < 1.29 is 9.53 Å². The second-order valence-electron chi connectivity index (χ2n) is 5.12. The molecule has 3 rings (SSSR count). The highest BCUT2D eigenvalue weighted by molar-refractivity contribution is 5.99. The van der Waals surface area contributed by atoms with Crippen LogP contribution in [-0.2, 0) is 7.05 Å². The quantitative estimate of drug-likeness (QED) is 0.687. The summed E-state index contributed by atoms with van der Waals surface area (Å²) in [5, 5.41) is 5.24. The molecule has 0 fully saturated rings. The molecule has 0 spiro atoms. The minimum Gasteiger partial charge on any atom is -0.446 e. The summed E-state index contributed by atoms with van der Waals surface area (Å²) >= 11 is 0. The van der Waals surface area contributed by atoms with Crippen molar-refractivity contribution >= 4 is 17.3 Å². The number of anilines is 2. The van der Waals surface area contributed by atoms with E-state index in [1.807, 2.05) is 0 Å². The van der Waals surface area contributed by atoms with Gasteiger partial charge < -0.3 is 15.0 Å². The number of aromatic amines is 1. The summed E-state index contributed by atoms with van der Waals surface area (Å²) in [6.07, 6.45) is 0. The number of aryl methyl sites for hydroxylation is 1. The second-order valence-corrected chi connectivity index (χ2v) is 5.12. The number of rotatable bonds is 1. The Labute approximate surface area is 124 Å². The van der Waals surface area contributed by atoms with Crippen LogP contribution in [0.15, 0.2) is 27.8 Å². The van der Waals surface area contributed by atoms with Crippen LogP contribution in [0.25, 0.3) is 0 Å². The number of carbonyl (C=O) groups is 1. The molecule has 1 amide bonds. The van der Waals surface area contributed by atoms with E-state index in [0.29, 0.717) is 11.3 Å². The lowest BCUT2D eigenvalue weighted by atomic mass is 10.1. The highest BCUT2D eigenvalue weighted by Gasteiger charge is 2.27. The van der Waals surface area contributed by atoms with Crippen molar-refractivity contribution in [2.24, 2.45) is 7.05 Å². The van der Waals surface area contributed by atoms with Crippen molar-refractivity contribution in [1.82, 2.24) is 14.7 Å². The van der Waals surface area contributed by atoms with Gasteiger partial charge in [-0.1, -0.05) is 6.07 Å². The fourth-order valence-electron chi connectivity index (χ4n) is 2.22. The maximum absolute atomic E-state index is 12.2. The van der Waals surface area contributed by atoms with Crippen molar-refractivity contribution in [3.8, 4) is 11.5 Å². The number of nitrogens with zero attached hydrogens (tertiary/aromatic N) is 2. The molecule has 2 heterocycles. The van der Waals surface area contributed by atoms with Crippen molar-refractivity contribution in [2.45, 2.75) is 0 Å². The van der Waals surface area contributed by atoms with Crippen LogP contribution < -0.4 is 21.2 Å². The number of carbonyl (C=O) groups excluding carboxylic acids is 1. The molecule has 1 aliphatic rings. The van der Waals surface area contributed by atoms with E-state index < -0.39 is 11.1 Å². The number of fused-ring (bicyclic) bond motifs is 2. The first-order chi connectivity index (χ1) is 10.4. The van der Waals surface area contributed by atoms with Gasteiger partial charge in [-0.15, -0.1) is 0 Å². The van der Waals surface area contributed by atoms with E-state index in [-0.39, 0.29) is 23.1 Å². The number of aromatic nitrogens is 2. The zero-order valence-corrected chi connectivity index (χ0v) is 12.3. The van der Waals surface area contributed by atoms with Crippen molar-refractivity contribution in [3.05, 3.63) is 44.5 Å². The smallest absolute Gasteiger partial charge is 0.310 e. The first kappa shape index (κ1) is 13.9. The zero-order valence-electron chi connectivity index (χ0n) is 12.3. The molecule has 8 nitrogen and oxygen atoms in total. The number of H-pyrrole nitrogens is 1. The Bertz CT molecular complexity index is 895. The summed E-state index contributed by atoms with van der Waals surface area (Å²) in [7, 11) is 4.66. The average molecular weight is 302 g/mol. The van der Waals surface area contributed by atoms with Crippen LogP contribution in [0.3, 0.4) is 0 Å². The molecule has 1 aromatic heterocycles. The van der Waals surface area contributed by atoms with Gasteiger partial charge in [-0.3, -0.25) is 24.2 Å². The molecule has 0 unspecified atom stereocenters. The number of benzene rings is 1. The highest BCUT2D eigenvalue weighted by atomic mass is 16.5. The van der Waals surface area contributed by atoms with E-state index in [9.17, 15) is 14.4 Å². The molecule has 1 aromatic carbocycles. The molecule has 0 aliphatic carbocycles. The molecule has 0 radical (unpaired) electrons. The van der Waals surface area contributed by atoms with Crippen LogP contribution in [-0.4, -0.2) is 34.7 Å². The molecule has 2 aromatic rings. The first-order valence-corrected chi connectivity index (χ1v) is 6.53. The number of amides is 1. The van der Waals surface area contributed by atoms with E-state index in [1.165, 1.54) is 11.9 Å². The van der Waals surface area contributed by atoms with Gasteiger partial charge in [-0.05, 0) is 12.1 Å². The predicted molar refractivity (Wildman–Crippen MR) is 80.1 cm³/mol. The van der Waals surface area contributed by atoms with Crippen molar-refractivity contribution in [2.75, 3.05) is 19.4 Å². The van der Waals surface area contributed by atoms with Gasteiger partial charge in [0.2, 0.25) is 5.75 Å². The number of hydrogen-bond donors (Lipinski definition) is 2. The van der Waals surface area contributed by atoms with Gasteiger partial charge in [-0.2, -0.15) is 0 Å². The minimum absolute atomic E-state index is 0.0325. The Balaban J connectivity index is 2.21. The molecule has 0 saturated carbocycles. The van der Waals surface area contributed by atoms with Crippen LogP contribution in [0.2, 0.25) is 0 Å². The predicted octanol–water partition coefficient (Wildman–Crippen LogP) is 0.625. The minimum atomic E-state index is -0.500. The third kappa shape index (κ3) is 1.96. The molecule has 0 bridgehead atoms. The lowest BCUT2D eigenvalue weighted by molar-refractivity contribution is 0.0825. The first-order valence-electron chi connectivity index (χ1n) is 6.53. The molecule has 114 valence electrons. The summed E-state index contributed by atoms with van der Waals surface area (Å²) in [4.78, 5) is 37.7. The van der Waals surface area contributed by atoms with Crippen LogP contribution in [0, 0.1) is 0 Å². The number of nitrogens with one attached hydrogen (secondary N) is 2. The summed E-state index contributed by atoms with van der Waals surface area (Å²) in [5.74, 6) is -0.155. The Morgan fingerprint density at radius 3 is 2.64 bits per heavy atom. The van der Waals surface area contributed by atoms with Gasteiger partial charge >= 0.3 is 5.56 Å². The van der Waals surface area contributed by atoms with Gasteiger partial charge in [0.05, 0.1) is 11.3 Å². The Morgan fingerprint density at radius 2 is 1.95 bits per heavy atom. The van der Waals surface area contributed by atoms with Gasteiger partial charge in [0, 0.05) is 21.1 Å². The SMILES string of the molecule is CN(C)C(=O)c1cccc2c1Oc1c(c(=O)[nH]n(C)c1=O)N2. The molecule has 0 saturated heterocycles. The van der Waals surface area contributed by atoms with Crippen molar-refractivity contribution in [3.63, 3.8) is 0 Å². The number of hydrogen-bond acceptors (Lipinski definition) is 5. The number of para-hydroxylation sites is 1. The monoisotopic (exact) mass is 302 g/mol. The summed E-state index contributed by atoms with van der Waals surface area (Å²) in [6.45, 7) is 0. The molecule has 1 aliphatic heterocycles. The fourth-order valence-corrected chi connectivity index (χ4v) is 2.22. The topological polar surface area (TPSA) is 96.4 Å². The molecule has 8 heteroatoms. The van der Waals surface area contributed by atoms with E-state index >= 15 is 0 Å². The number of ether oxygens (including phenoxy) is 1. The van der Waals surface area contributed by atoms with Crippen LogP contribution in [0.1, 0.15) is 10.4 Å². The maximum Gasteiger partial charge on any atom is 0.310 e.